The Morgan fingerprint density at radius 2 is 1.59 bits per heavy atom. The first-order valence-corrected chi connectivity index (χ1v) is 11.4. The van der Waals surface area contributed by atoms with E-state index >= 15 is 0 Å². The SMILES string of the molecule is CC(C)Sc1cc2c(cc1NS(=O)(=O)c1ccc(Br)cc1)n(C)c(=O)n2C. The molecule has 144 valence electrons. The van der Waals surface area contributed by atoms with Crippen LogP contribution in [0, 0.1) is 0 Å². The molecule has 0 spiro atoms. The molecule has 0 saturated carbocycles. The second-order valence-electron chi connectivity index (χ2n) is 6.46. The van der Waals surface area contributed by atoms with Crippen LogP contribution in [0.15, 0.2) is 55.5 Å². The zero-order valence-corrected chi connectivity index (χ0v) is 18.6. The highest BCUT2D eigenvalue weighted by molar-refractivity contribution is 9.10. The van der Waals surface area contributed by atoms with Crippen molar-refractivity contribution in [3.63, 3.8) is 0 Å². The average molecular weight is 470 g/mol. The molecule has 3 aromatic rings. The number of fused-ring (bicyclic) bond motifs is 1. The number of aromatic nitrogens is 2. The van der Waals surface area contributed by atoms with Crippen LogP contribution in [0.3, 0.4) is 0 Å². The fourth-order valence-corrected chi connectivity index (χ4v) is 5.10. The van der Waals surface area contributed by atoms with Crippen molar-refractivity contribution >= 4 is 54.4 Å². The number of halogens is 1. The van der Waals surface area contributed by atoms with Crippen molar-refractivity contribution in [1.82, 2.24) is 9.13 Å². The zero-order valence-electron chi connectivity index (χ0n) is 15.4. The number of imidazole rings is 1. The largest absolute Gasteiger partial charge is 0.328 e. The van der Waals surface area contributed by atoms with Crippen LogP contribution in [0.4, 0.5) is 5.69 Å². The van der Waals surface area contributed by atoms with Gasteiger partial charge in [-0.15, -0.1) is 11.8 Å². The molecule has 9 heteroatoms. The monoisotopic (exact) mass is 469 g/mol. The van der Waals surface area contributed by atoms with Gasteiger partial charge in [0.15, 0.2) is 0 Å². The number of hydrogen-bond donors (Lipinski definition) is 1. The summed E-state index contributed by atoms with van der Waals surface area (Å²) < 4.78 is 32.2. The Balaban J connectivity index is 2.15. The topological polar surface area (TPSA) is 73.1 Å². The molecule has 27 heavy (non-hydrogen) atoms. The van der Waals surface area contributed by atoms with Crippen LogP contribution < -0.4 is 10.4 Å². The third kappa shape index (κ3) is 3.95. The maximum atomic E-state index is 12.8. The second kappa shape index (κ2) is 7.37. The molecule has 0 aliphatic heterocycles. The number of nitrogens with one attached hydrogen (secondary N) is 1. The predicted octanol–water partition coefficient (Wildman–Crippen LogP) is 3.94. The first-order chi connectivity index (χ1) is 12.6. The first kappa shape index (κ1) is 20.0. The number of hydrogen-bond acceptors (Lipinski definition) is 4. The van der Waals surface area contributed by atoms with Crippen molar-refractivity contribution in [2.75, 3.05) is 4.72 Å². The lowest BCUT2D eigenvalue weighted by Gasteiger charge is -2.15. The minimum absolute atomic E-state index is 0.154. The van der Waals surface area contributed by atoms with E-state index in [2.05, 4.69) is 20.7 Å². The normalized spacial score (nSPS) is 12.1. The molecular weight excluding hydrogens is 450 g/mol. The molecule has 1 heterocycles. The van der Waals surface area contributed by atoms with Gasteiger partial charge in [0.25, 0.3) is 10.0 Å². The molecule has 6 nitrogen and oxygen atoms in total. The van der Waals surface area contributed by atoms with Gasteiger partial charge in [-0.1, -0.05) is 29.8 Å². The van der Waals surface area contributed by atoms with Crippen LogP contribution in [0.1, 0.15) is 13.8 Å². The Morgan fingerprint density at radius 3 is 2.15 bits per heavy atom. The number of aryl methyl sites for hydroxylation is 2. The van der Waals surface area contributed by atoms with Crippen LogP contribution in [0.2, 0.25) is 0 Å². The Morgan fingerprint density at radius 1 is 1.04 bits per heavy atom. The number of thioether (sulfide) groups is 1. The van der Waals surface area contributed by atoms with Gasteiger partial charge < -0.3 is 0 Å². The third-order valence-corrected chi connectivity index (χ3v) is 7.08. The summed E-state index contributed by atoms with van der Waals surface area (Å²) >= 11 is 4.85. The molecule has 0 aliphatic rings. The van der Waals surface area contributed by atoms with Gasteiger partial charge in [0.2, 0.25) is 0 Å². The Labute approximate surface area is 170 Å². The molecule has 0 amide bonds. The minimum atomic E-state index is -3.75. The van der Waals surface area contributed by atoms with Crippen LogP contribution in [0.25, 0.3) is 11.0 Å². The van der Waals surface area contributed by atoms with Gasteiger partial charge in [-0.2, -0.15) is 0 Å². The molecule has 1 aromatic heterocycles. The third-order valence-electron chi connectivity index (χ3n) is 4.10. The van der Waals surface area contributed by atoms with Crippen LogP contribution in [0.5, 0.6) is 0 Å². The molecule has 0 bridgehead atoms. The van der Waals surface area contributed by atoms with Crippen LogP contribution >= 0.6 is 27.7 Å². The molecular formula is C18H20BrN3O3S2. The van der Waals surface area contributed by atoms with E-state index in [0.717, 1.165) is 14.9 Å². The fourth-order valence-electron chi connectivity index (χ4n) is 2.77. The summed E-state index contributed by atoms with van der Waals surface area (Å²) in [6, 6.07) is 10.0. The summed E-state index contributed by atoms with van der Waals surface area (Å²) in [6.45, 7) is 4.07. The van der Waals surface area contributed by atoms with Crippen molar-refractivity contribution in [3.05, 3.63) is 51.4 Å². The van der Waals surface area contributed by atoms with Crippen molar-refractivity contribution < 1.29 is 8.42 Å². The van der Waals surface area contributed by atoms with Crippen molar-refractivity contribution in [2.24, 2.45) is 14.1 Å². The Bertz CT molecular complexity index is 1160. The van der Waals surface area contributed by atoms with Crippen molar-refractivity contribution in [2.45, 2.75) is 28.9 Å². The average Bonchev–Trinajstić information content (AvgIpc) is 2.79. The van der Waals surface area contributed by atoms with E-state index in [1.807, 2.05) is 19.9 Å². The Kier molecular flexibility index (Phi) is 5.47. The van der Waals surface area contributed by atoms with Crippen LogP contribution in [-0.4, -0.2) is 22.8 Å². The summed E-state index contributed by atoms with van der Waals surface area (Å²) in [5.41, 5.74) is 1.74. The highest BCUT2D eigenvalue weighted by Crippen LogP contribution is 2.35. The quantitative estimate of drug-likeness (QED) is 0.574. The highest BCUT2D eigenvalue weighted by atomic mass is 79.9. The van der Waals surface area contributed by atoms with Crippen LogP contribution in [-0.2, 0) is 24.1 Å². The number of sulfonamides is 1. The number of anilines is 1. The van der Waals surface area contributed by atoms with Gasteiger partial charge in [-0.25, -0.2) is 13.2 Å². The summed E-state index contributed by atoms with van der Waals surface area (Å²) in [4.78, 5) is 13.2. The summed E-state index contributed by atoms with van der Waals surface area (Å²) in [5, 5.41) is 0.249. The summed E-state index contributed by atoms with van der Waals surface area (Å²) in [6.07, 6.45) is 0. The number of benzene rings is 2. The van der Waals surface area contributed by atoms with Gasteiger partial charge in [0.05, 0.1) is 21.6 Å². The fraction of sp³-hybridized carbons (Fsp3) is 0.278. The molecule has 3 rings (SSSR count). The van der Waals surface area contributed by atoms with Gasteiger partial charge in [0, 0.05) is 28.7 Å². The van der Waals surface area contributed by atoms with E-state index in [0.29, 0.717) is 11.2 Å². The highest BCUT2D eigenvalue weighted by Gasteiger charge is 2.19. The van der Waals surface area contributed by atoms with E-state index in [9.17, 15) is 13.2 Å². The second-order valence-corrected chi connectivity index (χ2v) is 10.7. The maximum Gasteiger partial charge on any atom is 0.328 e. The van der Waals surface area contributed by atoms with E-state index in [-0.39, 0.29) is 15.8 Å². The van der Waals surface area contributed by atoms with Crippen molar-refractivity contribution in [3.8, 4) is 0 Å². The van der Waals surface area contributed by atoms with Gasteiger partial charge in [0.1, 0.15) is 0 Å². The molecule has 0 aliphatic carbocycles. The van der Waals surface area contributed by atoms with Crippen molar-refractivity contribution in [1.29, 1.82) is 0 Å². The molecule has 0 atom stereocenters. The van der Waals surface area contributed by atoms with E-state index in [4.69, 9.17) is 0 Å². The molecule has 0 saturated heterocycles. The molecule has 0 fully saturated rings. The van der Waals surface area contributed by atoms with Gasteiger partial charge >= 0.3 is 5.69 Å². The Hall–Kier alpha value is -1.71. The van der Waals surface area contributed by atoms with Gasteiger partial charge in [-0.3, -0.25) is 13.9 Å². The van der Waals surface area contributed by atoms with E-state index in [1.165, 1.54) is 4.57 Å². The lowest BCUT2D eigenvalue weighted by molar-refractivity contribution is 0.601. The maximum absolute atomic E-state index is 12.8. The smallest absolute Gasteiger partial charge is 0.295 e. The van der Waals surface area contributed by atoms with E-state index < -0.39 is 10.0 Å². The van der Waals surface area contributed by atoms with E-state index in [1.54, 1.807) is 60.8 Å². The number of nitrogens with zero attached hydrogens (tertiary/aromatic N) is 2. The molecule has 1 N–H and O–H groups in total. The minimum Gasteiger partial charge on any atom is -0.295 e. The lowest BCUT2D eigenvalue weighted by Crippen LogP contribution is -2.19. The molecule has 0 unspecified atom stereocenters. The summed E-state index contributed by atoms with van der Waals surface area (Å²) in [7, 11) is -0.370. The van der Waals surface area contributed by atoms with Gasteiger partial charge in [-0.05, 0) is 36.4 Å². The number of rotatable bonds is 5. The zero-order chi connectivity index (χ0) is 19.9. The lowest BCUT2D eigenvalue weighted by atomic mass is 10.3. The molecule has 0 radical (unpaired) electrons. The molecule has 2 aromatic carbocycles. The first-order valence-electron chi connectivity index (χ1n) is 8.24. The predicted molar refractivity (Wildman–Crippen MR) is 114 cm³/mol. The summed E-state index contributed by atoms with van der Waals surface area (Å²) in [5.74, 6) is 0. The standard InChI is InChI=1S/C18H20BrN3O3S2/c1-11(2)26-17-10-16-15(21(3)18(23)22(16)4)9-14(17)20-27(24,25)13-7-5-12(19)6-8-13/h5-11,20H,1-4H3.